The number of rotatable bonds is 8. The van der Waals surface area contributed by atoms with E-state index in [4.69, 9.17) is 0 Å². The Bertz CT molecular complexity index is 164. The molecule has 0 heterocycles. The van der Waals surface area contributed by atoms with Crippen LogP contribution in [0.2, 0.25) is 0 Å². The Hall–Kier alpha value is -0.0800. The molecule has 1 saturated carbocycles. The van der Waals surface area contributed by atoms with Crippen molar-refractivity contribution in [3.8, 4) is 0 Å². The average Bonchev–Trinajstić information content (AvgIpc) is 2.97. The molecule has 1 atom stereocenters. The standard InChI is InChI=1S/C13H28N2/c1-11(2)7-9-15(4)10-8-14-12(3)13-5-6-13/h11-14H,5-10H2,1-4H3. The first-order chi connectivity index (χ1) is 7.09. The van der Waals surface area contributed by atoms with E-state index in [1.165, 1.54) is 32.4 Å². The van der Waals surface area contributed by atoms with E-state index < -0.39 is 0 Å². The molecule has 1 rings (SSSR count). The summed E-state index contributed by atoms with van der Waals surface area (Å²) < 4.78 is 0. The molecule has 2 nitrogen and oxygen atoms in total. The van der Waals surface area contributed by atoms with Crippen LogP contribution in [0, 0.1) is 11.8 Å². The van der Waals surface area contributed by atoms with Gasteiger partial charge in [0.25, 0.3) is 0 Å². The summed E-state index contributed by atoms with van der Waals surface area (Å²) in [5, 5.41) is 3.62. The summed E-state index contributed by atoms with van der Waals surface area (Å²) in [5.41, 5.74) is 0. The first kappa shape index (κ1) is 13.0. The highest BCUT2D eigenvalue weighted by Gasteiger charge is 2.27. The Morgan fingerprint density at radius 1 is 1.20 bits per heavy atom. The number of hydrogen-bond acceptors (Lipinski definition) is 2. The molecule has 0 amide bonds. The van der Waals surface area contributed by atoms with Crippen molar-refractivity contribution in [1.29, 1.82) is 0 Å². The van der Waals surface area contributed by atoms with Crippen LogP contribution < -0.4 is 5.32 Å². The van der Waals surface area contributed by atoms with Gasteiger partial charge < -0.3 is 10.2 Å². The van der Waals surface area contributed by atoms with Crippen molar-refractivity contribution in [3.05, 3.63) is 0 Å². The summed E-state index contributed by atoms with van der Waals surface area (Å²) in [5.74, 6) is 1.80. The van der Waals surface area contributed by atoms with Gasteiger partial charge in [-0.25, -0.2) is 0 Å². The Balaban J connectivity index is 1.93. The molecule has 0 spiro atoms. The molecule has 1 aliphatic carbocycles. The second-order valence-electron chi connectivity index (χ2n) is 5.57. The van der Waals surface area contributed by atoms with Crippen molar-refractivity contribution in [3.63, 3.8) is 0 Å². The minimum Gasteiger partial charge on any atom is -0.313 e. The maximum atomic E-state index is 3.62. The third kappa shape index (κ3) is 6.16. The quantitative estimate of drug-likeness (QED) is 0.664. The van der Waals surface area contributed by atoms with Gasteiger partial charge >= 0.3 is 0 Å². The zero-order chi connectivity index (χ0) is 11.3. The van der Waals surface area contributed by atoms with Gasteiger partial charge in [0.15, 0.2) is 0 Å². The molecule has 90 valence electrons. The van der Waals surface area contributed by atoms with Gasteiger partial charge in [-0.2, -0.15) is 0 Å². The minimum atomic E-state index is 0.739. The zero-order valence-corrected chi connectivity index (χ0v) is 10.9. The maximum absolute atomic E-state index is 3.62. The Labute approximate surface area is 95.4 Å². The van der Waals surface area contributed by atoms with Crippen molar-refractivity contribution in [2.75, 3.05) is 26.7 Å². The molecule has 15 heavy (non-hydrogen) atoms. The summed E-state index contributed by atoms with van der Waals surface area (Å²) in [7, 11) is 2.23. The van der Waals surface area contributed by atoms with Crippen molar-refractivity contribution < 1.29 is 0 Å². The summed E-state index contributed by atoms with van der Waals surface area (Å²) in [6.45, 7) is 10.5. The summed E-state index contributed by atoms with van der Waals surface area (Å²) in [4.78, 5) is 2.44. The van der Waals surface area contributed by atoms with Crippen LogP contribution in [0.3, 0.4) is 0 Å². The highest BCUT2D eigenvalue weighted by atomic mass is 15.1. The number of nitrogens with zero attached hydrogens (tertiary/aromatic N) is 1. The molecule has 2 heteroatoms. The number of nitrogens with one attached hydrogen (secondary N) is 1. The fourth-order valence-corrected chi connectivity index (χ4v) is 1.84. The Morgan fingerprint density at radius 2 is 1.87 bits per heavy atom. The van der Waals surface area contributed by atoms with Gasteiger partial charge in [0.2, 0.25) is 0 Å². The first-order valence-electron chi connectivity index (χ1n) is 6.51. The molecule has 0 bridgehead atoms. The zero-order valence-electron chi connectivity index (χ0n) is 10.9. The smallest absolute Gasteiger partial charge is 0.0104 e. The van der Waals surface area contributed by atoms with E-state index in [0.717, 1.165) is 24.4 Å². The van der Waals surface area contributed by atoms with Crippen LogP contribution in [-0.4, -0.2) is 37.6 Å². The molecule has 0 aromatic heterocycles. The van der Waals surface area contributed by atoms with E-state index in [-0.39, 0.29) is 0 Å². The van der Waals surface area contributed by atoms with Gasteiger partial charge in [0, 0.05) is 19.1 Å². The predicted octanol–water partition coefficient (Wildman–Crippen LogP) is 2.35. The molecule has 1 aliphatic rings. The first-order valence-corrected chi connectivity index (χ1v) is 6.51. The second-order valence-corrected chi connectivity index (χ2v) is 5.57. The van der Waals surface area contributed by atoms with Gasteiger partial charge in [-0.15, -0.1) is 0 Å². The molecule has 0 aromatic rings. The van der Waals surface area contributed by atoms with Gasteiger partial charge in [-0.3, -0.25) is 0 Å². The fourth-order valence-electron chi connectivity index (χ4n) is 1.84. The molecule has 1 N–H and O–H groups in total. The van der Waals surface area contributed by atoms with Gasteiger partial charge in [-0.1, -0.05) is 13.8 Å². The highest BCUT2D eigenvalue weighted by Crippen LogP contribution is 2.32. The van der Waals surface area contributed by atoms with Gasteiger partial charge in [0.05, 0.1) is 0 Å². The SMILES string of the molecule is CC(C)CCN(C)CCNC(C)C1CC1. The lowest BCUT2D eigenvalue weighted by Gasteiger charge is -2.20. The molecule has 0 saturated heterocycles. The second kappa shape index (κ2) is 6.49. The van der Waals surface area contributed by atoms with E-state index in [0.29, 0.717) is 0 Å². The van der Waals surface area contributed by atoms with Crippen LogP contribution >= 0.6 is 0 Å². The van der Waals surface area contributed by atoms with Gasteiger partial charge in [0.1, 0.15) is 0 Å². The largest absolute Gasteiger partial charge is 0.313 e. The van der Waals surface area contributed by atoms with E-state index in [1.54, 1.807) is 0 Å². The third-order valence-electron chi connectivity index (χ3n) is 3.38. The molecular formula is C13H28N2. The Kier molecular flexibility index (Phi) is 5.62. The predicted molar refractivity (Wildman–Crippen MR) is 67.1 cm³/mol. The normalized spacial score (nSPS) is 18.8. The minimum absolute atomic E-state index is 0.739. The number of likely N-dealkylation sites (N-methyl/N-ethyl adjacent to an activating group) is 1. The van der Waals surface area contributed by atoms with Crippen LogP contribution in [0.4, 0.5) is 0 Å². The molecule has 1 fully saturated rings. The van der Waals surface area contributed by atoms with Crippen molar-refractivity contribution in [1.82, 2.24) is 10.2 Å². The highest BCUT2D eigenvalue weighted by molar-refractivity contribution is 4.83. The molecular weight excluding hydrogens is 184 g/mol. The average molecular weight is 212 g/mol. The van der Waals surface area contributed by atoms with Crippen LogP contribution in [0.15, 0.2) is 0 Å². The molecule has 1 unspecified atom stereocenters. The van der Waals surface area contributed by atoms with E-state index in [1.807, 2.05) is 0 Å². The van der Waals surface area contributed by atoms with Gasteiger partial charge in [-0.05, 0) is 51.6 Å². The summed E-state index contributed by atoms with van der Waals surface area (Å²) in [6.07, 6.45) is 4.20. The monoisotopic (exact) mass is 212 g/mol. The van der Waals surface area contributed by atoms with Crippen LogP contribution in [0.1, 0.15) is 40.0 Å². The molecule has 0 aromatic carbocycles. The van der Waals surface area contributed by atoms with Crippen molar-refractivity contribution >= 4 is 0 Å². The Morgan fingerprint density at radius 3 is 2.40 bits per heavy atom. The number of hydrogen-bond donors (Lipinski definition) is 1. The lowest BCUT2D eigenvalue weighted by Crippen LogP contribution is -2.35. The fraction of sp³-hybridized carbons (Fsp3) is 1.00. The van der Waals surface area contributed by atoms with Crippen molar-refractivity contribution in [2.24, 2.45) is 11.8 Å². The van der Waals surface area contributed by atoms with Crippen LogP contribution in [0.25, 0.3) is 0 Å². The molecule has 0 radical (unpaired) electrons. The third-order valence-corrected chi connectivity index (χ3v) is 3.38. The van der Waals surface area contributed by atoms with E-state index in [2.05, 4.69) is 38.0 Å². The molecule has 0 aliphatic heterocycles. The van der Waals surface area contributed by atoms with Crippen molar-refractivity contribution in [2.45, 2.75) is 46.1 Å². The van der Waals surface area contributed by atoms with Crippen LogP contribution in [-0.2, 0) is 0 Å². The summed E-state index contributed by atoms with van der Waals surface area (Å²) in [6, 6.07) is 0.739. The maximum Gasteiger partial charge on any atom is 0.0104 e. The van der Waals surface area contributed by atoms with E-state index in [9.17, 15) is 0 Å². The topological polar surface area (TPSA) is 15.3 Å². The lowest BCUT2D eigenvalue weighted by molar-refractivity contribution is 0.302. The van der Waals surface area contributed by atoms with E-state index >= 15 is 0 Å². The summed E-state index contributed by atoms with van der Waals surface area (Å²) >= 11 is 0. The lowest BCUT2D eigenvalue weighted by atomic mass is 10.1. The van der Waals surface area contributed by atoms with Crippen LogP contribution in [0.5, 0.6) is 0 Å².